The Balaban J connectivity index is 2.20. The van der Waals surface area contributed by atoms with Gasteiger partial charge >= 0.3 is 5.97 Å². The molecule has 0 atom stereocenters. The lowest BCUT2D eigenvalue weighted by Gasteiger charge is -2.01. The summed E-state index contributed by atoms with van der Waals surface area (Å²) in [6.45, 7) is 0.250. The van der Waals surface area contributed by atoms with Crippen LogP contribution in [0.2, 0.25) is 0 Å². The highest BCUT2D eigenvalue weighted by Crippen LogP contribution is 2.18. The van der Waals surface area contributed by atoms with E-state index < -0.39 is 5.97 Å². The average molecular weight is 278 g/mol. The first kappa shape index (κ1) is 13.0. The first-order valence-electron chi connectivity index (χ1n) is 5.34. The molecule has 2 rings (SSSR count). The maximum Gasteiger partial charge on any atom is 0.328 e. The first-order chi connectivity index (χ1) is 9.04. The number of carboxylic acid groups (broad SMARTS) is 1. The number of carbonyl (C=O) groups is 1. The Morgan fingerprint density at radius 1 is 1.32 bits per heavy atom. The molecule has 0 amide bonds. The Kier molecular flexibility index (Phi) is 3.76. The molecule has 0 radical (unpaired) electrons. The van der Waals surface area contributed by atoms with Gasteiger partial charge in [-0.3, -0.25) is 14.7 Å². The Morgan fingerprint density at radius 3 is 2.84 bits per heavy atom. The molecule has 0 unspecified atom stereocenters. The van der Waals surface area contributed by atoms with E-state index in [0.29, 0.717) is 0 Å². The van der Waals surface area contributed by atoms with E-state index in [2.05, 4.69) is 5.10 Å². The minimum absolute atomic E-state index is 0.250. The molecule has 2 N–H and O–H groups in total. The number of thiophene rings is 1. The lowest BCUT2D eigenvalue weighted by Crippen LogP contribution is -2.28. The van der Waals surface area contributed by atoms with E-state index in [0.717, 1.165) is 15.8 Å². The summed E-state index contributed by atoms with van der Waals surface area (Å²) in [6.07, 6.45) is 2.53. The first-order valence-corrected chi connectivity index (χ1v) is 6.16. The molecule has 19 heavy (non-hydrogen) atoms. The van der Waals surface area contributed by atoms with Crippen molar-refractivity contribution in [1.29, 1.82) is 0 Å². The van der Waals surface area contributed by atoms with Crippen molar-refractivity contribution in [2.45, 2.75) is 6.54 Å². The molecule has 2 aromatic rings. The van der Waals surface area contributed by atoms with Crippen LogP contribution in [0.5, 0.6) is 0 Å². The van der Waals surface area contributed by atoms with E-state index in [-0.39, 0.29) is 17.7 Å². The van der Waals surface area contributed by atoms with E-state index in [4.69, 9.17) is 5.11 Å². The van der Waals surface area contributed by atoms with Crippen LogP contribution in [-0.2, 0) is 11.3 Å². The fraction of sp³-hybridized carbons (Fsp3) is 0.0833. The average Bonchev–Trinajstić information content (AvgIpc) is 2.79. The highest BCUT2D eigenvalue weighted by Gasteiger charge is 2.02. The van der Waals surface area contributed by atoms with Gasteiger partial charge in [0.2, 0.25) is 0 Å². The molecule has 0 aliphatic carbocycles. The van der Waals surface area contributed by atoms with Gasteiger partial charge < -0.3 is 5.11 Å². The number of aromatic amines is 1. The van der Waals surface area contributed by atoms with Gasteiger partial charge in [-0.15, -0.1) is 11.3 Å². The standard InChI is InChI=1S/C12H10N2O4S/c15-10-4-5-11(16)14(13-10)7-9-2-1-8(19-9)3-6-12(17)18/h1-6H,7H2,(H,13,15)(H,17,18). The van der Waals surface area contributed by atoms with Gasteiger partial charge in [0.1, 0.15) is 0 Å². The minimum Gasteiger partial charge on any atom is -0.478 e. The van der Waals surface area contributed by atoms with E-state index in [1.165, 1.54) is 34.2 Å². The van der Waals surface area contributed by atoms with Crippen LogP contribution < -0.4 is 11.1 Å². The van der Waals surface area contributed by atoms with E-state index in [1.54, 1.807) is 12.1 Å². The molecule has 98 valence electrons. The summed E-state index contributed by atoms with van der Waals surface area (Å²) in [5, 5.41) is 10.9. The summed E-state index contributed by atoms with van der Waals surface area (Å²) in [5.74, 6) is -1.02. The fourth-order valence-electron chi connectivity index (χ4n) is 1.46. The molecule has 0 saturated heterocycles. The molecule has 7 heteroatoms. The van der Waals surface area contributed by atoms with Crippen LogP contribution in [0.15, 0.2) is 39.9 Å². The van der Waals surface area contributed by atoms with Crippen molar-refractivity contribution in [1.82, 2.24) is 9.78 Å². The molecule has 0 aliphatic heterocycles. The maximum absolute atomic E-state index is 11.5. The van der Waals surface area contributed by atoms with Crippen LogP contribution in [0.25, 0.3) is 6.08 Å². The molecular weight excluding hydrogens is 268 g/mol. The summed E-state index contributed by atoms with van der Waals surface area (Å²) in [7, 11) is 0. The SMILES string of the molecule is O=C(O)C=Cc1ccc(Cn2[nH]c(=O)ccc2=O)s1. The van der Waals surface area contributed by atoms with Gasteiger partial charge in [0.05, 0.1) is 6.54 Å². The summed E-state index contributed by atoms with van der Waals surface area (Å²) in [6, 6.07) is 5.92. The van der Waals surface area contributed by atoms with Crippen molar-refractivity contribution < 1.29 is 9.90 Å². The monoisotopic (exact) mass is 278 g/mol. The van der Waals surface area contributed by atoms with Gasteiger partial charge in [-0.2, -0.15) is 0 Å². The summed E-state index contributed by atoms with van der Waals surface area (Å²) in [4.78, 5) is 34.6. The van der Waals surface area contributed by atoms with E-state index >= 15 is 0 Å². The van der Waals surface area contributed by atoms with Crippen LogP contribution in [0.1, 0.15) is 9.75 Å². The highest BCUT2D eigenvalue weighted by molar-refractivity contribution is 7.12. The van der Waals surface area contributed by atoms with Gasteiger partial charge in [0, 0.05) is 28.0 Å². The van der Waals surface area contributed by atoms with Gasteiger partial charge in [-0.05, 0) is 18.2 Å². The number of H-pyrrole nitrogens is 1. The zero-order valence-corrected chi connectivity index (χ0v) is 10.5. The van der Waals surface area contributed by atoms with Crippen LogP contribution in [0.3, 0.4) is 0 Å². The maximum atomic E-state index is 11.5. The van der Waals surface area contributed by atoms with Crippen LogP contribution >= 0.6 is 11.3 Å². The molecule has 0 fully saturated rings. The number of rotatable bonds is 4. The molecule has 2 aromatic heterocycles. The third-order valence-electron chi connectivity index (χ3n) is 2.28. The summed E-state index contributed by atoms with van der Waals surface area (Å²) < 4.78 is 1.21. The fourth-order valence-corrected chi connectivity index (χ4v) is 2.36. The van der Waals surface area contributed by atoms with E-state index in [9.17, 15) is 14.4 Å². The van der Waals surface area contributed by atoms with E-state index in [1.807, 2.05) is 0 Å². The quantitative estimate of drug-likeness (QED) is 0.807. The largest absolute Gasteiger partial charge is 0.478 e. The van der Waals surface area contributed by atoms with Gasteiger partial charge in [0.25, 0.3) is 11.1 Å². The van der Waals surface area contributed by atoms with Crippen LogP contribution in [-0.4, -0.2) is 20.9 Å². The third-order valence-corrected chi connectivity index (χ3v) is 3.31. The molecule has 6 nitrogen and oxygen atoms in total. The Bertz CT molecular complexity index is 738. The number of nitrogens with zero attached hydrogens (tertiary/aromatic N) is 1. The molecule has 0 aliphatic rings. The highest BCUT2D eigenvalue weighted by atomic mass is 32.1. The molecule has 2 heterocycles. The second-order valence-electron chi connectivity index (χ2n) is 3.71. The number of carboxylic acids is 1. The predicted octanol–water partition coefficient (Wildman–Crippen LogP) is 0.744. The molecule has 0 spiro atoms. The summed E-state index contributed by atoms with van der Waals surface area (Å²) >= 11 is 1.35. The lowest BCUT2D eigenvalue weighted by atomic mass is 10.4. The number of aliphatic carboxylic acids is 1. The third kappa shape index (κ3) is 3.52. The summed E-state index contributed by atoms with van der Waals surface area (Å²) in [5.41, 5.74) is -0.641. The van der Waals surface area contributed by atoms with Gasteiger partial charge in [0.15, 0.2) is 0 Å². The van der Waals surface area contributed by atoms with Crippen LogP contribution in [0, 0.1) is 0 Å². The number of hydrogen-bond acceptors (Lipinski definition) is 4. The van der Waals surface area contributed by atoms with Crippen molar-refractivity contribution in [3.8, 4) is 0 Å². The van der Waals surface area contributed by atoms with Gasteiger partial charge in [-0.25, -0.2) is 9.48 Å². The number of hydrogen-bond donors (Lipinski definition) is 2. The van der Waals surface area contributed by atoms with Crippen molar-refractivity contribution >= 4 is 23.4 Å². The van der Waals surface area contributed by atoms with Crippen molar-refractivity contribution in [2.75, 3.05) is 0 Å². The molecular formula is C12H10N2O4S. The van der Waals surface area contributed by atoms with Crippen molar-refractivity contribution in [2.24, 2.45) is 0 Å². The van der Waals surface area contributed by atoms with Crippen molar-refractivity contribution in [3.63, 3.8) is 0 Å². The smallest absolute Gasteiger partial charge is 0.328 e. The normalized spacial score (nSPS) is 10.9. The Morgan fingerprint density at radius 2 is 2.11 bits per heavy atom. The van der Waals surface area contributed by atoms with Gasteiger partial charge in [-0.1, -0.05) is 0 Å². The zero-order chi connectivity index (χ0) is 13.8. The minimum atomic E-state index is -1.02. The second kappa shape index (κ2) is 5.49. The number of nitrogens with one attached hydrogen (secondary N) is 1. The molecule has 0 saturated carbocycles. The van der Waals surface area contributed by atoms with Crippen LogP contribution in [0.4, 0.5) is 0 Å². The topological polar surface area (TPSA) is 92.2 Å². The Labute approximate surface area is 111 Å². The molecule has 0 aromatic carbocycles. The zero-order valence-electron chi connectivity index (χ0n) is 9.70. The second-order valence-corrected chi connectivity index (χ2v) is 4.91. The lowest BCUT2D eigenvalue weighted by molar-refractivity contribution is -0.131. The predicted molar refractivity (Wildman–Crippen MR) is 71.4 cm³/mol. The molecule has 0 bridgehead atoms. The Hall–Kier alpha value is -2.41. The number of aromatic nitrogens is 2. The van der Waals surface area contributed by atoms with Crippen molar-refractivity contribution in [3.05, 3.63) is 60.8 Å².